The maximum atomic E-state index is 13.2. The van der Waals surface area contributed by atoms with Crippen molar-refractivity contribution in [3.63, 3.8) is 0 Å². The fraction of sp³-hybridized carbons (Fsp3) is 0.308. The molecule has 1 N–H and O–H groups in total. The minimum Gasteiger partial charge on any atom is -0.507 e. The summed E-state index contributed by atoms with van der Waals surface area (Å²) >= 11 is 0. The molecule has 1 unspecified atom stereocenters. The molecule has 1 aliphatic heterocycles. The number of aryl methyl sites for hydroxylation is 1. The van der Waals surface area contributed by atoms with Gasteiger partial charge in [0.1, 0.15) is 23.3 Å². The standard InChI is InChI=1S/C26H25NO4/c1-16-14-15-21(31-16)23-22(25(29)26(30)27(23)18-10-3-2-4-11-18)24(28)20-13-7-9-17-8-5-6-12-19(17)20/h5-9,12-15,18,23,28H,2-4,10-11H2,1H3/b24-22-. The molecule has 1 atom stereocenters. The lowest BCUT2D eigenvalue weighted by Crippen LogP contribution is -2.40. The van der Waals surface area contributed by atoms with Crippen LogP contribution in [0.25, 0.3) is 16.5 Å². The van der Waals surface area contributed by atoms with Crippen molar-refractivity contribution in [2.75, 3.05) is 0 Å². The summed E-state index contributed by atoms with van der Waals surface area (Å²) in [5.74, 6) is -0.117. The van der Waals surface area contributed by atoms with Gasteiger partial charge in [0.15, 0.2) is 0 Å². The van der Waals surface area contributed by atoms with E-state index >= 15 is 0 Å². The summed E-state index contributed by atoms with van der Waals surface area (Å²) < 4.78 is 5.90. The molecule has 5 rings (SSSR count). The van der Waals surface area contributed by atoms with Crippen molar-refractivity contribution >= 4 is 28.2 Å². The van der Waals surface area contributed by atoms with Gasteiger partial charge in [-0.05, 0) is 42.7 Å². The lowest BCUT2D eigenvalue weighted by Gasteiger charge is -2.34. The molecule has 2 heterocycles. The zero-order valence-corrected chi connectivity index (χ0v) is 17.5. The van der Waals surface area contributed by atoms with E-state index in [1.54, 1.807) is 17.0 Å². The van der Waals surface area contributed by atoms with Crippen LogP contribution in [0, 0.1) is 6.92 Å². The van der Waals surface area contributed by atoms with Gasteiger partial charge in [-0.3, -0.25) is 9.59 Å². The van der Waals surface area contributed by atoms with Crippen molar-refractivity contribution in [2.45, 2.75) is 51.1 Å². The van der Waals surface area contributed by atoms with Crippen molar-refractivity contribution in [3.05, 3.63) is 77.3 Å². The first-order valence-corrected chi connectivity index (χ1v) is 10.9. The fourth-order valence-electron chi connectivity index (χ4n) is 5.04. The Labute approximate surface area is 181 Å². The third-order valence-electron chi connectivity index (χ3n) is 6.52. The van der Waals surface area contributed by atoms with Gasteiger partial charge in [-0.2, -0.15) is 0 Å². The van der Waals surface area contributed by atoms with Crippen LogP contribution >= 0.6 is 0 Å². The number of aliphatic hydroxyl groups excluding tert-OH is 1. The molecule has 31 heavy (non-hydrogen) atoms. The van der Waals surface area contributed by atoms with Crippen LogP contribution in [-0.4, -0.2) is 27.7 Å². The van der Waals surface area contributed by atoms with Crippen molar-refractivity contribution in [3.8, 4) is 0 Å². The molecule has 2 aromatic carbocycles. The van der Waals surface area contributed by atoms with E-state index in [1.807, 2.05) is 49.4 Å². The zero-order valence-electron chi connectivity index (χ0n) is 17.5. The van der Waals surface area contributed by atoms with Gasteiger partial charge in [0, 0.05) is 11.6 Å². The predicted octanol–water partition coefficient (Wildman–Crippen LogP) is 5.50. The number of likely N-dealkylation sites (tertiary alicyclic amines) is 1. The van der Waals surface area contributed by atoms with Gasteiger partial charge >= 0.3 is 0 Å². The average molecular weight is 415 g/mol. The molecule has 0 radical (unpaired) electrons. The van der Waals surface area contributed by atoms with E-state index in [1.165, 1.54) is 0 Å². The Hall–Kier alpha value is -3.34. The van der Waals surface area contributed by atoms with Crippen LogP contribution in [0.3, 0.4) is 0 Å². The first-order valence-electron chi connectivity index (χ1n) is 10.9. The normalized spacial score (nSPS) is 21.8. The van der Waals surface area contributed by atoms with E-state index in [0.29, 0.717) is 17.1 Å². The molecule has 1 amide bonds. The number of benzene rings is 2. The summed E-state index contributed by atoms with van der Waals surface area (Å²) in [5.41, 5.74) is 0.661. The second-order valence-corrected chi connectivity index (χ2v) is 8.47. The summed E-state index contributed by atoms with van der Waals surface area (Å²) in [7, 11) is 0. The highest BCUT2D eigenvalue weighted by Crippen LogP contribution is 2.44. The molecule has 2 fully saturated rings. The molecule has 1 aliphatic carbocycles. The van der Waals surface area contributed by atoms with Gasteiger partial charge in [-0.25, -0.2) is 0 Å². The van der Waals surface area contributed by atoms with Gasteiger partial charge in [0.05, 0.1) is 5.57 Å². The number of nitrogens with zero attached hydrogens (tertiary/aromatic N) is 1. The Morgan fingerprint density at radius 3 is 2.45 bits per heavy atom. The number of carbonyl (C=O) groups is 2. The molecule has 5 heteroatoms. The van der Waals surface area contributed by atoms with E-state index in [0.717, 1.165) is 42.9 Å². The number of rotatable bonds is 3. The molecule has 158 valence electrons. The summed E-state index contributed by atoms with van der Waals surface area (Å²) in [6.45, 7) is 1.83. The summed E-state index contributed by atoms with van der Waals surface area (Å²) in [4.78, 5) is 28.1. The average Bonchev–Trinajstić information content (AvgIpc) is 3.34. The van der Waals surface area contributed by atoms with Gasteiger partial charge in [0.2, 0.25) is 0 Å². The summed E-state index contributed by atoms with van der Waals surface area (Å²) in [5, 5.41) is 13.2. The maximum Gasteiger partial charge on any atom is 0.296 e. The number of hydrogen-bond acceptors (Lipinski definition) is 4. The number of carbonyl (C=O) groups excluding carboxylic acids is 2. The maximum absolute atomic E-state index is 13.2. The zero-order chi connectivity index (χ0) is 21.5. The molecular formula is C26H25NO4. The Kier molecular flexibility index (Phi) is 4.89. The second-order valence-electron chi connectivity index (χ2n) is 8.47. The smallest absolute Gasteiger partial charge is 0.296 e. The van der Waals surface area contributed by atoms with Crippen LogP contribution in [0.4, 0.5) is 0 Å². The van der Waals surface area contributed by atoms with Crippen LogP contribution in [0.2, 0.25) is 0 Å². The first kappa shape index (κ1) is 19.6. The Morgan fingerprint density at radius 1 is 0.968 bits per heavy atom. The van der Waals surface area contributed by atoms with Crippen LogP contribution < -0.4 is 0 Å². The highest BCUT2D eigenvalue weighted by Gasteiger charge is 2.50. The summed E-state index contributed by atoms with van der Waals surface area (Å²) in [6, 6.07) is 16.2. The fourth-order valence-corrected chi connectivity index (χ4v) is 5.04. The molecule has 2 aliphatic rings. The van der Waals surface area contributed by atoms with Crippen molar-refractivity contribution in [1.29, 1.82) is 0 Å². The van der Waals surface area contributed by atoms with Crippen LogP contribution in [0.1, 0.15) is 55.2 Å². The van der Waals surface area contributed by atoms with Gasteiger partial charge in [-0.1, -0.05) is 61.7 Å². The van der Waals surface area contributed by atoms with Crippen molar-refractivity contribution in [1.82, 2.24) is 4.90 Å². The molecule has 1 saturated carbocycles. The number of fused-ring (bicyclic) bond motifs is 1. The van der Waals surface area contributed by atoms with Crippen LogP contribution in [0.5, 0.6) is 0 Å². The highest BCUT2D eigenvalue weighted by atomic mass is 16.3. The monoisotopic (exact) mass is 415 g/mol. The Bertz CT molecular complexity index is 1190. The number of aliphatic hydroxyl groups is 1. The topological polar surface area (TPSA) is 70.8 Å². The van der Waals surface area contributed by atoms with E-state index in [-0.39, 0.29) is 17.4 Å². The van der Waals surface area contributed by atoms with Crippen LogP contribution in [-0.2, 0) is 9.59 Å². The third kappa shape index (κ3) is 3.25. The number of hydrogen-bond donors (Lipinski definition) is 1. The van der Waals surface area contributed by atoms with Crippen LogP contribution in [0.15, 0.2) is 64.6 Å². The van der Waals surface area contributed by atoms with E-state index < -0.39 is 17.7 Å². The minimum absolute atomic E-state index is 0.0292. The number of ketones is 1. The van der Waals surface area contributed by atoms with E-state index in [4.69, 9.17) is 4.42 Å². The third-order valence-corrected chi connectivity index (χ3v) is 6.52. The minimum atomic E-state index is -0.712. The van der Waals surface area contributed by atoms with Gasteiger partial charge < -0.3 is 14.4 Å². The summed E-state index contributed by atoms with van der Waals surface area (Å²) in [6.07, 6.45) is 4.91. The highest BCUT2D eigenvalue weighted by molar-refractivity contribution is 6.46. The number of furan rings is 1. The second kappa shape index (κ2) is 7.73. The van der Waals surface area contributed by atoms with E-state index in [2.05, 4.69) is 0 Å². The quantitative estimate of drug-likeness (QED) is 0.349. The molecule has 0 spiro atoms. The molecular weight excluding hydrogens is 390 g/mol. The van der Waals surface area contributed by atoms with Gasteiger partial charge in [-0.15, -0.1) is 0 Å². The lowest BCUT2D eigenvalue weighted by molar-refractivity contribution is -0.142. The first-order chi connectivity index (χ1) is 15.1. The van der Waals surface area contributed by atoms with Crippen molar-refractivity contribution < 1.29 is 19.1 Å². The SMILES string of the molecule is Cc1ccc(C2/C(=C(/O)c3cccc4ccccc34)C(=O)C(=O)N2C2CCCCC2)o1. The predicted molar refractivity (Wildman–Crippen MR) is 118 cm³/mol. The van der Waals surface area contributed by atoms with Crippen molar-refractivity contribution in [2.24, 2.45) is 0 Å². The Balaban J connectivity index is 1.71. The lowest BCUT2D eigenvalue weighted by atomic mass is 9.92. The molecule has 0 bridgehead atoms. The van der Waals surface area contributed by atoms with Gasteiger partial charge in [0.25, 0.3) is 11.7 Å². The molecule has 1 aromatic heterocycles. The molecule has 5 nitrogen and oxygen atoms in total. The number of Topliss-reactive ketones (excluding diaryl/α,β-unsaturated/α-hetero) is 1. The molecule has 1 saturated heterocycles. The van der Waals surface area contributed by atoms with E-state index in [9.17, 15) is 14.7 Å². The Morgan fingerprint density at radius 2 is 1.71 bits per heavy atom. The number of amides is 1. The largest absolute Gasteiger partial charge is 0.507 e. The molecule has 3 aromatic rings.